The van der Waals surface area contributed by atoms with Gasteiger partial charge in [0.2, 0.25) is 0 Å². The molecular weight excluding hydrogens is 296 g/mol. The first-order valence-electron chi connectivity index (χ1n) is 5.84. The molecule has 0 saturated heterocycles. The van der Waals surface area contributed by atoms with Gasteiger partial charge in [0.05, 0.1) is 21.8 Å². The standard InChI is InChI=1S/C12H12N4O4S/c1-7-8(2)14-15-12(13-7)16-21(19,20)10-5-3-9(4-6-10)11(17)18/h3-6H,1-2H3,(H,17,18)(H,13,15,16). The smallest absolute Gasteiger partial charge is 0.335 e. The first-order valence-corrected chi connectivity index (χ1v) is 7.32. The van der Waals surface area contributed by atoms with Gasteiger partial charge in [0, 0.05) is 0 Å². The van der Waals surface area contributed by atoms with Gasteiger partial charge in [0.15, 0.2) is 0 Å². The molecule has 0 fully saturated rings. The fraction of sp³-hybridized carbons (Fsp3) is 0.167. The zero-order valence-corrected chi connectivity index (χ0v) is 12.0. The summed E-state index contributed by atoms with van der Waals surface area (Å²) in [5.41, 5.74) is 1.16. The van der Waals surface area contributed by atoms with Crippen LogP contribution in [0.2, 0.25) is 0 Å². The lowest BCUT2D eigenvalue weighted by molar-refractivity contribution is 0.0696. The molecule has 0 unspecified atom stereocenters. The summed E-state index contributed by atoms with van der Waals surface area (Å²) in [5, 5.41) is 16.2. The van der Waals surface area contributed by atoms with Crippen molar-refractivity contribution in [1.29, 1.82) is 0 Å². The average Bonchev–Trinajstić information content (AvgIpc) is 2.43. The molecule has 1 aromatic heterocycles. The highest BCUT2D eigenvalue weighted by atomic mass is 32.2. The van der Waals surface area contributed by atoms with Gasteiger partial charge in [-0.15, -0.1) is 5.10 Å². The molecule has 9 heteroatoms. The number of aromatic carboxylic acids is 1. The number of aromatic nitrogens is 3. The van der Waals surface area contributed by atoms with Gasteiger partial charge in [-0.2, -0.15) is 5.10 Å². The van der Waals surface area contributed by atoms with E-state index in [0.29, 0.717) is 11.4 Å². The van der Waals surface area contributed by atoms with E-state index in [1.165, 1.54) is 24.3 Å². The van der Waals surface area contributed by atoms with Crippen molar-refractivity contribution in [3.8, 4) is 0 Å². The van der Waals surface area contributed by atoms with E-state index in [1.54, 1.807) is 13.8 Å². The maximum atomic E-state index is 12.1. The highest BCUT2D eigenvalue weighted by Gasteiger charge is 2.17. The molecule has 0 aliphatic heterocycles. The molecule has 0 amide bonds. The van der Waals surface area contributed by atoms with E-state index in [0.717, 1.165) is 0 Å². The minimum Gasteiger partial charge on any atom is -0.478 e. The SMILES string of the molecule is Cc1nnc(NS(=O)(=O)c2ccc(C(=O)O)cc2)nc1C. The quantitative estimate of drug-likeness (QED) is 0.863. The third-order valence-electron chi connectivity index (χ3n) is 2.73. The van der Waals surface area contributed by atoms with Crippen LogP contribution >= 0.6 is 0 Å². The Balaban J connectivity index is 2.29. The molecular formula is C12H12N4O4S. The fourth-order valence-corrected chi connectivity index (χ4v) is 2.39. The zero-order chi connectivity index (χ0) is 15.6. The lowest BCUT2D eigenvalue weighted by atomic mass is 10.2. The van der Waals surface area contributed by atoms with Crippen molar-refractivity contribution < 1.29 is 18.3 Å². The Morgan fingerprint density at radius 1 is 1.10 bits per heavy atom. The summed E-state index contributed by atoms with van der Waals surface area (Å²) >= 11 is 0. The van der Waals surface area contributed by atoms with Crippen molar-refractivity contribution >= 4 is 21.9 Å². The van der Waals surface area contributed by atoms with Crippen LogP contribution in [0.15, 0.2) is 29.2 Å². The fourth-order valence-electron chi connectivity index (χ4n) is 1.46. The summed E-state index contributed by atoms with van der Waals surface area (Å²) in [5.74, 6) is -1.27. The number of rotatable bonds is 4. The van der Waals surface area contributed by atoms with Crippen LogP contribution in [0.5, 0.6) is 0 Å². The number of aryl methyl sites for hydroxylation is 2. The molecule has 2 N–H and O–H groups in total. The van der Waals surface area contributed by atoms with E-state index in [1.807, 2.05) is 0 Å². The molecule has 0 radical (unpaired) electrons. The number of carboxylic acid groups (broad SMARTS) is 1. The van der Waals surface area contributed by atoms with Crippen LogP contribution in [0, 0.1) is 13.8 Å². The number of hydrogen-bond donors (Lipinski definition) is 2. The molecule has 0 saturated carbocycles. The topological polar surface area (TPSA) is 122 Å². The minimum atomic E-state index is -3.89. The van der Waals surface area contributed by atoms with E-state index in [4.69, 9.17) is 5.11 Å². The van der Waals surface area contributed by atoms with Gasteiger partial charge in [0.25, 0.3) is 16.0 Å². The van der Waals surface area contributed by atoms with Gasteiger partial charge in [0.1, 0.15) is 0 Å². The summed E-state index contributed by atoms with van der Waals surface area (Å²) in [4.78, 5) is 14.6. The molecule has 0 aliphatic carbocycles. The van der Waals surface area contributed by atoms with Crippen LogP contribution in [0.1, 0.15) is 21.7 Å². The van der Waals surface area contributed by atoms with E-state index >= 15 is 0 Å². The second kappa shape index (κ2) is 5.44. The van der Waals surface area contributed by atoms with Crippen LogP contribution in [0.25, 0.3) is 0 Å². The molecule has 1 heterocycles. The molecule has 21 heavy (non-hydrogen) atoms. The third kappa shape index (κ3) is 3.31. The summed E-state index contributed by atoms with van der Waals surface area (Å²) in [7, 11) is -3.89. The Kier molecular flexibility index (Phi) is 3.85. The summed E-state index contributed by atoms with van der Waals surface area (Å²) < 4.78 is 26.4. The van der Waals surface area contributed by atoms with E-state index in [2.05, 4.69) is 19.9 Å². The number of carboxylic acids is 1. The summed E-state index contributed by atoms with van der Waals surface area (Å²) in [6.45, 7) is 3.39. The number of sulfonamides is 1. The highest BCUT2D eigenvalue weighted by molar-refractivity contribution is 7.92. The molecule has 1 aromatic carbocycles. The molecule has 2 aromatic rings. The van der Waals surface area contributed by atoms with Crippen molar-refractivity contribution in [2.45, 2.75) is 18.7 Å². The first kappa shape index (κ1) is 14.9. The number of nitrogens with zero attached hydrogens (tertiary/aromatic N) is 3. The number of hydrogen-bond acceptors (Lipinski definition) is 6. The molecule has 0 aliphatic rings. The van der Waals surface area contributed by atoms with Gasteiger partial charge in [-0.05, 0) is 38.1 Å². The maximum Gasteiger partial charge on any atom is 0.335 e. The highest BCUT2D eigenvalue weighted by Crippen LogP contribution is 2.14. The summed E-state index contributed by atoms with van der Waals surface area (Å²) in [6, 6.07) is 4.80. The Hall–Kier alpha value is -2.55. The van der Waals surface area contributed by atoms with Crippen LogP contribution in [0.3, 0.4) is 0 Å². The van der Waals surface area contributed by atoms with Crippen LogP contribution in [0.4, 0.5) is 5.95 Å². The predicted octanol–water partition coefficient (Wildman–Crippen LogP) is 0.987. The van der Waals surface area contributed by atoms with Crippen molar-refractivity contribution in [1.82, 2.24) is 15.2 Å². The second-order valence-corrected chi connectivity index (χ2v) is 5.92. The van der Waals surface area contributed by atoms with Crippen molar-refractivity contribution in [3.05, 3.63) is 41.2 Å². The second-order valence-electron chi connectivity index (χ2n) is 4.24. The van der Waals surface area contributed by atoms with Gasteiger partial charge < -0.3 is 5.11 Å². The number of carbonyl (C=O) groups is 1. The third-order valence-corrected chi connectivity index (χ3v) is 4.07. The van der Waals surface area contributed by atoms with E-state index in [9.17, 15) is 13.2 Å². The average molecular weight is 308 g/mol. The number of benzene rings is 1. The normalized spacial score (nSPS) is 11.1. The van der Waals surface area contributed by atoms with Gasteiger partial charge in [-0.1, -0.05) is 0 Å². The zero-order valence-electron chi connectivity index (χ0n) is 11.2. The van der Waals surface area contributed by atoms with Crippen molar-refractivity contribution in [3.63, 3.8) is 0 Å². The van der Waals surface area contributed by atoms with Crippen LogP contribution in [-0.4, -0.2) is 34.7 Å². The Morgan fingerprint density at radius 3 is 2.24 bits per heavy atom. The van der Waals surface area contributed by atoms with E-state index in [-0.39, 0.29) is 16.4 Å². The Bertz CT molecular complexity index is 787. The lowest BCUT2D eigenvalue weighted by Gasteiger charge is -2.07. The van der Waals surface area contributed by atoms with Gasteiger partial charge in [-0.3, -0.25) is 0 Å². The molecule has 2 rings (SSSR count). The minimum absolute atomic E-state index is 0.00181. The number of anilines is 1. The Labute approximate surface area is 120 Å². The number of nitrogens with one attached hydrogen (secondary N) is 1. The van der Waals surface area contributed by atoms with Crippen molar-refractivity contribution in [2.75, 3.05) is 4.72 Å². The predicted molar refractivity (Wildman–Crippen MR) is 73.5 cm³/mol. The molecule has 8 nitrogen and oxygen atoms in total. The van der Waals surface area contributed by atoms with Gasteiger partial charge in [-0.25, -0.2) is 22.9 Å². The molecule has 0 atom stereocenters. The molecule has 0 bridgehead atoms. The first-order chi connectivity index (χ1) is 9.79. The van der Waals surface area contributed by atoms with Gasteiger partial charge >= 0.3 is 5.97 Å². The lowest BCUT2D eigenvalue weighted by Crippen LogP contribution is -2.16. The Morgan fingerprint density at radius 2 is 1.71 bits per heavy atom. The molecule has 110 valence electrons. The summed E-state index contributed by atoms with van der Waals surface area (Å²) in [6.07, 6.45) is 0. The monoisotopic (exact) mass is 308 g/mol. The van der Waals surface area contributed by atoms with E-state index < -0.39 is 16.0 Å². The van der Waals surface area contributed by atoms with Crippen LogP contribution in [-0.2, 0) is 10.0 Å². The largest absolute Gasteiger partial charge is 0.478 e. The van der Waals surface area contributed by atoms with Crippen LogP contribution < -0.4 is 4.72 Å². The maximum absolute atomic E-state index is 12.1. The molecule has 0 spiro atoms. The van der Waals surface area contributed by atoms with Crippen molar-refractivity contribution in [2.24, 2.45) is 0 Å².